The molecule has 0 spiro atoms. The smallest absolute Gasteiger partial charge is 0.193 e. The highest BCUT2D eigenvalue weighted by Gasteiger charge is 2.36. The van der Waals surface area contributed by atoms with Crippen molar-refractivity contribution in [2.24, 2.45) is 16.8 Å². The van der Waals surface area contributed by atoms with Crippen molar-refractivity contribution in [3.63, 3.8) is 0 Å². The number of hydrogen-bond donors (Lipinski definition) is 1. The number of nitrogens with one attached hydrogen (secondary N) is 1. The summed E-state index contributed by atoms with van der Waals surface area (Å²) in [6, 6.07) is 0. The lowest BCUT2D eigenvalue weighted by atomic mass is 9.82. The van der Waals surface area contributed by atoms with Crippen LogP contribution in [0.25, 0.3) is 0 Å². The van der Waals surface area contributed by atoms with Crippen LogP contribution >= 0.6 is 0 Å². The highest BCUT2D eigenvalue weighted by Crippen LogP contribution is 2.36. The highest BCUT2D eigenvalue weighted by atomic mass is 32.2. The summed E-state index contributed by atoms with van der Waals surface area (Å²) in [7, 11) is -3.11. The summed E-state index contributed by atoms with van der Waals surface area (Å²) >= 11 is 0. The van der Waals surface area contributed by atoms with E-state index in [4.69, 9.17) is 0 Å². The highest BCUT2D eigenvalue weighted by molar-refractivity contribution is 7.92. The second-order valence-corrected chi connectivity index (χ2v) is 10.1. The molecule has 6 heteroatoms. The van der Waals surface area contributed by atoms with Gasteiger partial charge >= 0.3 is 0 Å². The second kappa shape index (κ2) is 6.77. The van der Waals surface area contributed by atoms with Crippen molar-refractivity contribution in [1.82, 2.24) is 10.2 Å². The van der Waals surface area contributed by atoms with E-state index >= 15 is 0 Å². The molecular weight excluding hydrogens is 298 g/mol. The van der Waals surface area contributed by atoms with Crippen molar-refractivity contribution in [3.8, 4) is 0 Å². The molecule has 0 aromatic heterocycles. The third kappa shape index (κ3) is 3.94. The molecule has 1 N–H and O–H groups in total. The summed E-state index contributed by atoms with van der Waals surface area (Å²) < 4.78 is 22.9. The lowest BCUT2D eigenvalue weighted by Gasteiger charge is -2.25. The van der Waals surface area contributed by atoms with Crippen LogP contribution < -0.4 is 5.32 Å². The van der Waals surface area contributed by atoms with Gasteiger partial charge in [0.25, 0.3) is 0 Å². The molecular formula is C16H31N3O2S. The maximum absolute atomic E-state index is 11.8. The molecule has 2 unspecified atom stereocenters. The van der Waals surface area contributed by atoms with E-state index in [0.717, 1.165) is 37.4 Å². The van der Waals surface area contributed by atoms with Crippen LogP contribution in [0.3, 0.4) is 0 Å². The van der Waals surface area contributed by atoms with E-state index in [1.807, 2.05) is 0 Å². The minimum Gasteiger partial charge on any atom is -0.357 e. The van der Waals surface area contributed by atoms with Crippen LogP contribution in [-0.2, 0) is 9.84 Å². The Balaban J connectivity index is 2.08. The maximum atomic E-state index is 11.8. The normalized spacial score (nSPS) is 26.9. The Hall–Kier alpha value is -0.780. The Kier molecular flexibility index (Phi) is 5.41. The Morgan fingerprint density at radius 1 is 1.23 bits per heavy atom. The van der Waals surface area contributed by atoms with Crippen LogP contribution in [0.5, 0.6) is 0 Å². The summed E-state index contributed by atoms with van der Waals surface area (Å²) in [5, 5.41) is 3.34. The van der Waals surface area contributed by atoms with Gasteiger partial charge in [-0.15, -0.1) is 0 Å². The number of sulfone groups is 1. The van der Waals surface area contributed by atoms with Crippen LogP contribution in [0.15, 0.2) is 4.99 Å². The predicted octanol–water partition coefficient (Wildman–Crippen LogP) is 1.90. The van der Waals surface area contributed by atoms with Crippen LogP contribution in [0.1, 0.15) is 46.5 Å². The van der Waals surface area contributed by atoms with Crippen LogP contribution in [-0.4, -0.2) is 56.5 Å². The molecule has 1 aliphatic heterocycles. The van der Waals surface area contributed by atoms with Crippen molar-refractivity contribution in [3.05, 3.63) is 0 Å². The van der Waals surface area contributed by atoms with Crippen molar-refractivity contribution < 1.29 is 8.42 Å². The molecule has 5 nitrogen and oxygen atoms in total. The van der Waals surface area contributed by atoms with E-state index in [2.05, 4.69) is 22.1 Å². The Morgan fingerprint density at radius 2 is 1.77 bits per heavy atom. The topological polar surface area (TPSA) is 61.8 Å². The molecule has 1 saturated heterocycles. The lowest BCUT2D eigenvalue weighted by molar-refractivity contribution is 0.299. The SMILES string of the molecule is CCNC(=NCC(C)(C)S(C)(=O)=O)N1CC2CCCCC2C1. The zero-order chi connectivity index (χ0) is 16.4. The molecule has 2 atom stereocenters. The first-order valence-corrected chi connectivity index (χ1v) is 10.4. The first kappa shape index (κ1) is 17.6. The van der Waals surface area contributed by atoms with Crippen molar-refractivity contribution in [1.29, 1.82) is 0 Å². The standard InChI is InChI=1S/C16H31N3O2S/c1-5-17-15(18-12-16(2,3)22(4,20)21)19-10-13-8-6-7-9-14(13)11-19/h13-14H,5-12H2,1-4H3,(H,17,18). The second-order valence-electron chi connectivity index (χ2n) is 7.41. The van der Waals surface area contributed by atoms with Gasteiger partial charge < -0.3 is 10.2 Å². The number of aliphatic imine (C=N–C) groups is 1. The first-order valence-electron chi connectivity index (χ1n) is 8.47. The van der Waals surface area contributed by atoms with Gasteiger partial charge in [0.2, 0.25) is 0 Å². The van der Waals surface area contributed by atoms with Gasteiger partial charge in [-0.1, -0.05) is 12.8 Å². The number of rotatable bonds is 4. The fourth-order valence-corrected chi connectivity index (χ4v) is 3.69. The van der Waals surface area contributed by atoms with Crippen molar-refractivity contribution in [2.45, 2.75) is 51.2 Å². The number of guanidine groups is 1. The summed E-state index contributed by atoms with van der Waals surface area (Å²) in [5.74, 6) is 2.47. The molecule has 1 saturated carbocycles. The van der Waals surface area contributed by atoms with E-state index in [0.29, 0.717) is 6.54 Å². The van der Waals surface area contributed by atoms with Gasteiger partial charge in [-0.3, -0.25) is 4.99 Å². The third-order valence-corrected chi connectivity index (χ3v) is 7.36. The minimum atomic E-state index is -3.11. The maximum Gasteiger partial charge on any atom is 0.193 e. The van der Waals surface area contributed by atoms with Crippen LogP contribution in [0.2, 0.25) is 0 Å². The van der Waals surface area contributed by atoms with Gasteiger partial charge in [0.1, 0.15) is 0 Å². The predicted molar refractivity (Wildman–Crippen MR) is 91.9 cm³/mol. The molecule has 1 aliphatic carbocycles. The molecule has 0 aromatic carbocycles. The van der Waals surface area contributed by atoms with Crippen LogP contribution in [0.4, 0.5) is 0 Å². The summed E-state index contributed by atoms with van der Waals surface area (Å²) in [4.78, 5) is 6.98. The average Bonchev–Trinajstić information content (AvgIpc) is 2.85. The van der Waals surface area contributed by atoms with Crippen LogP contribution in [0, 0.1) is 11.8 Å². The summed E-state index contributed by atoms with van der Waals surface area (Å²) in [6.07, 6.45) is 6.65. The lowest BCUT2D eigenvalue weighted by Crippen LogP contribution is -2.42. The van der Waals surface area contributed by atoms with Gasteiger partial charge in [0.15, 0.2) is 15.8 Å². The number of likely N-dealkylation sites (tertiary alicyclic amines) is 1. The molecule has 2 aliphatic rings. The average molecular weight is 330 g/mol. The van der Waals surface area contributed by atoms with E-state index < -0.39 is 14.6 Å². The molecule has 2 fully saturated rings. The largest absolute Gasteiger partial charge is 0.357 e. The fraction of sp³-hybridized carbons (Fsp3) is 0.938. The molecule has 2 rings (SSSR count). The summed E-state index contributed by atoms with van der Waals surface area (Å²) in [5.41, 5.74) is 0. The monoisotopic (exact) mass is 329 g/mol. The first-order chi connectivity index (χ1) is 10.2. The molecule has 1 heterocycles. The quantitative estimate of drug-likeness (QED) is 0.632. The zero-order valence-corrected chi connectivity index (χ0v) is 15.2. The zero-order valence-electron chi connectivity index (χ0n) is 14.4. The van der Waals surface area contributed by atoms with Gasteiger partial charge in [0.05, 0.1) is 11.3 Å². The minimum absolute atomic E-state index is 0.306. The van der Waals surface area contributed by atoms with E-state index in [-0.39, 0.29) is 0 Å². The van der Waals surface area contributed by atoms with Gasteiger partial charge in [-0.2, -0.15) is 0 Å². The third-order valence-electron chi connectivity index (χ3n) is 5.22. The van der Waals surface area contributed by atoms with Crippen molar-refractivity contribution in [2.75, 3.05) is 32.4 Å². The van der Waals surface area contributed by atoms with Gasteiger partial charge in [0, 0.05) is 25.9 Å². The molecule has 0 aromatic rings. The van der Waals surface area contributed by atoms with E-state index in [9.17, 15) is 8.42 Å². The van der Waals surface area contributed by atoms with Gasteiger partial charge in [-0.05, 0) is 45.4 Å². The molecule has 0 amide bonds. The number of hydrogen-bond acceptors (Lipinski definition) is 3. The Labute approximate surface area is 135 Å². The Bertz CT molecular complexity index is 499. The molecule has 0 bridgehead atoms. The molecule has 128 valence electrons. The molecule has 22 heavy (non-hydrogen) atoms. The Morgan fingerprint density at radius 3 is 2.23 bits per heavy atom. The van der Waals surface area contributed by atoms with E-state index in [1.54, 1.807) is 13.8 Å². The van der Waals surface area contributed by atoms with Gasteiger partial charge in [-0.25, -0.2) is 8.42 Å². The van der Waals surface area contributed by atoms with E-state index in [1.165, 1.54) is 31.9 Å². The number of nitrogens with zero attached hydrogens (tertiary/aromatic N) is 2. The summed E-state index contributed by atoms with van der Waals surface area (Å²) in [6.45, 7) is 8.80. The fourth-order valence-electron chi connectivity index (χ4n) is 3.39. The number of fused-ring (bicyclic) bond motifs is 1. The molecule has 0 radical (unpaired) electrons. The van der Waals surface area contributed by atoms with Crippen molar-refractivity contribution >= 4 is 15.8 Å².